The van der Waals surface area contributed by atoms with Crippen LogP contribution in [0, 0.1) is 11.6 Å². The van der Waals surface area contributed by atoms with Crippen LogP contribution in [0.5, 0.6) is 0 Å². The average Bonchev–Trinajstić information content (AvgIpc) is 2.28. The molecule has 1 heterocycles. The van der Waals surface area contributed by atoms with E-state index in [4.69, 9.17) is 0 Å². The molecule has 1 aromatic carbocycles. The summed E-state index contributed by atoms with van der Waals surface area (Å²) in [6, 6.07) is 3.28. The van der Waals surface area contributed by atoms with E-state index in [0.717, 1.165) is 31.1 Å². The van der Waals surface area contributed by atoms with Crippen molar-refractivity contribution in [3.05, 3.63) is 35.4 Å². The molecule has 1 aliphatic rings. The number of Topliss-reactive ketones (excluding diaryl/α,β-unsaturated/α-hetero) is 1. The maximum atomic E-state index is 13.0. The van der Waals surface area contributed by atoms with Crippen molar-refractivity contribution in [1.29, 1.82) is 0 Å². The lowest BCUT2D eigenvalue weighted by Gasteiger charge is -2.19. The lowest BCUT2D eigenvalue weighted by Crippen LogP contribution is -2.22. The number of halogens is 2. The van der Waals surface area contributed by atoms with Gasteiger partial charge in [0.1, 0.15) is 17.4 Å². The fraction of sp³-hybridized carbons (Fsp3) is 0.462. The van der Waals surface area contributed by atoms with E-state index in [2.05, 4.69) is 0 Å². The van der Waals surface area contributed by atoms with E-state index in [1.165, 1.54) is 12.1 Å². The van der Waals surface area contributed by atoms with Gasteiger partial charge in [0, 0.05) is 12.5 Å². The Balaban J connectivity index is 2.01. The second-order valence-corrected chi connectivity index (χ2v) is 5.59. The van der Waals surface area contributed by atoms with Gasteiger partial charge in [-0.15, -0.1) is 0 Å². The summed E-state index contributed by atoms with van der Waals surface area (Å²) in [5.74, 6) is -0.152. The highest BCUT2D eigenvalue weighted by molar-refractivity contribution is 8.00. The zero-order valence-electron chi connectivity index (χ0n) is 9.42. The summed E-state index contributed by atoms with van der Waals surface area (Å²) >= 11 is 1.66. The molecule has 0 bridgehead atoms. The second-order valence-electron chi connectivity index (χ2n) is 4.28. The highest BCUT2D eigenvalue weighted by Crippen LogP contribution is 2.26. The first-order valence-electron chi connectivity index (χ1n) is 5.74. The molecule has 0 amide bonds. The van der Waals surface area contributed by atoms with E-state index in [1.807, 2.05) is 0 Å². The molecule has 92 valence electrons. The largest absolute Gasteiger partial charge is 0.298 e. The Bertz CT molecular complexity index is 394. The summed E-state index contributed by atoms with van der Waals surface area (Å²) in [6.07, 6.45) is 3.25. The van der Waals surface area contributed by atoms with Crippen molar-refractivity contribution in [3.63, 3.8) is 0 Å². The standard InChI is InChI=1S/C13H14F2OS/c14-10-5-9(6-11(15)8-10)7-12(16)13-3-1-2-4-17-13/h5-6,8,13H,1-4,7H2. The minimum atomic E-state index is -0.621. The summed E-state index contributed by atoms with van der Waals surface area (Å²) in [4.78, 5) is 11.9. The van der Waals surface area contributed by atoms with Crippen LogP contribution in [0.2, 0.25) is 0 Å². The SMILES string of the molecule is O=C(Cc1cc(F)cc(F)c1)C1CCCCS1. The lowest BCUT2D eigenvalue weighted by molar-refractivity contribution is -0.118. The molecule has 17 heavy (non-hydrogen) atoms. The second kappa shape index (κ2) is 5.63. The predicted molar refractivity (Wildman–Crippen MR) is 65.2 cm³/mol. The fourth-order valence-electron chi connectivity index (χ4n) is 2.02. The summed E-state index contributed by atoms with van der Waals surface area (Å²) < 4.78 is 25.9. The Kier molecular flexibility index (Phi) is 4.15. The molecule has 1 aliphatic heterocycles. The van der Waals surface area contributed by atoms with Gasteiger partial charge in [0.05, 0.1) is 5.25 Å². The Morgan fingerprint density at radius 1 is 1.24 bits per heavy atom. The molecule has 0 aliphatic carbocycles. The summed E-state index contributed by atoms with van der Waals surface area (Å²) in [6.45, 7) is 0. The van der Waals surface area contributed by atoms with E-state index in [-0.39, 0.29) is 17.5 Å². The number of ketones is 1. The van der Waals surface area contributed by atoms with Gasteiger partial charge in [0.15, 0.2) is 0 Å². The third-order valence-electron chi connectivity index (χ3n) is 2.84. The van der Waals surface area contributed by atoms with Gasteiger partial charge in [-0.1, -0.05) is 6.42 Å². The van der Waals surface area contributed by atoms with Crippen LogP contribution < -0.4 is 0 Å². The molecular weight excluding hydrogens is 242 g/mol. The molecule has 4 heteroatoms. The van der Waals surface area contributed by atoms with Crippen molar-refractivity contribution in [2.75, 3.05) is 5.75 Å². The smallest absolute Gasteiger partial charge is 0.150 e. The molecule has 0 aromatic heterocycles. The van der Waals surface area contributed by atoms with Gasteiger partial charge in [0.25, 0.3) is 0 Å². The minimum absolute atomic E-state index is 0.00933. The predicted octanol–water partition coefficient (Wildman–Crippen LogP) is 3.36. The van der Waals surface area contributed by atoms with Crippen LogP contribution in [-0.2, 0) is 11.2 Å². The quantitative estimate of drug-likeness (QED) is 0.825. The molecule has 0 radical (unpaired) electrons. The van der Waals surface area contributed by atoms with E-state index >= 15 is 0 Å². The van der Waals surface area contributed by atoms with Crippen LogP contribution in [-0.4, -0.2) is 16.8 Å². The number of carbonyl (C=O) groups is 1. The Hall–Kier alpha value is -0.900. The Morgan fingerprint density at radius 2 is 1.94 bits per heavy atom. The Morgan fingerprint density at radius 3 is 2.53 bits per heavy atom. The van der Waals surface area contributed by atoms with Gasteiger partial charge in [-0.05, 0) is 36.3 Å². The molecule has 1 unspecified atom stereocenters. The number of benzene rings is 1. The fourth-order valence-corrected chi connectivity index (χ4v) is 3.28. The average molecular weight is 256 g/mol. The van der Waals surface area contributed by atoms with Gasteiger partial charge in [-0.2, -0.15) is 11.8 Å². The van der Waals surface area contributed by atoms with E-state index in [9.17, 15) is 13.6 Å². The lowest BCUT2D eigenvalue weighted by atomic mass is 10.0. The topological polar surface area (TPSA) is 17.1 Å². The highest BCUT2D eigenvalue weighted by Gasteiger charge is 2.21. The van der Waals surface area contributed by atoms with Gasteiger partial charge < -0.3 is 0 Å². The summed E-state index contributed by atoms with van der Waals surface area (Å²) in [5, 5.41) is 0.00933. The summed E-state index contributed by atoms with van der Waals surface area (Å²) in [5.41, 5.74) is 0.429. The van der Waals surface area contributed by atoms with E-state index in [0.29, 0.717) is 5.56 Å². The molecule has 2 rings (SSSR count). The van der Waals surface area contributed by atoms with Gasteiger partial charge in [-0.25, -0.2) is 8.78 Å². The summed E-state index contributed by atoms with van der Waals surface area (Å²) in [7, 11) is 0. The van der Waals surface area contributed by atoms with Crippen LogP contribution in [0.25, 0.3) is 0 Å². The molecule has 0 saturated carbocycles. The molecule has 1 atom stereocenters. The number of thioether (sulfide) groups is 1. The normalized spacial score (nSPS) is 20.2. The van der Waals surface area contributed by atoms with Crippen molar-refractivity contribution < 1.29 is 13.6 Å². The van der Waals surface area contributed by atoms with Crippen LogP contribution in [0.15, 0.2) is 18.2 Å². The van der Waals surface area contributed by atoms with Crippen molar-refractivity contribution in [1.82, 2.24) is 0 Å². The van der Waals surface area contributed by atoms with Crippen LogP contribution in [0.3, 0.4) is 0 Å². The van der Waals surface area contributed by atoms with Crippen LogP contribution in [0.4, 0.5) is 8.78 Å². The van der Waals surface area contributed by atoms with Crippen LogP contribution in [0.1, 0.15) is 24.8 Å². The zero-order chi connectivity index (χ0) is 12.3. The number of hydrogen-bond acceptors (Lipinski definition) is 2. The zero-order valence-corrected chi connectivity index (χ0v) is 10.2. The van der Waals surface area contributed by atoms with E-state index < -0.39 is 11.6 Å². The maximum absolute atomic E-state index is 13.0. The van der Waals surface area contributed by atoms with E-state index in [1.54, 1.807) is 11.8 Å². The molecule has 0 N–H and O–H groups in total. The monoisotopic (exact) mass is 256 g/mol. The van der Waals surface area contributed by atoms with Crippen LogP contribution >= 0.6 is 11.8 Å². The molecule has 1 fully saturated rings. The maximum Gasteiger partial charge on any atom is 0.150 e. The first-order chi connectivity index (χ1) is 8.15. The third-order valence-corrected chi connectivity index (χ3v) is 4.26. The third kappa shape index (κ3) is 3.53. The van der Waals surface area contributed by atoms with Crippen molar-refractivity contribution in [3.8, 4) is 0 Å². The molecule has 1 aromatic rings. The van der Waals surface area contributed by atoms with Gasteiger partial charge in [-0.3, -0.25) is 4.79 Å². The number of carbonyl (C=O) groups excluding carboxylic acids is 1. The van der Waals surface area contributed by atoms with Crippen molar-refractivity contribution in [2.45, 2.75) is 30.9 Å². The van der Waals surface area contributed by atoms with Crippen molar-refractivity contribution in [2.24, 2.45) is 0 Å². The molecular formula is C13H14F2OS. The van der Waals surface area contributed by atoms with Gasteiger partial charge in [0.2, 0.25) is 0 Å². The molecule has 1 nitrogen and oxygen atoms in total. The van der Waals surface area contributed by atoms with Gasteiger partial charge >= 0.3 is 0 Å². The molecule has 1 saturated heterocycles. The first kappa shape index (κ1) is 12.6. The highest BCUT2D eigenvalue weighted by atomic mass is 32.2. The molecule has 0 spiro atoms. The minimum Gasteiger partial charge on any atom is -0.298 e. The number of hydrogen-bond donors (Lipinski definition) is 0. The first-order valence-corrected chi connectivity index (χ1v) is 6.79. The Labute approximate surface area is 104 Å². The number of rotatable bonds is 3. The van der Waals surface area contributed by atoms with Crippen molar-refractivity contribution >= 4 is 17.5 Å².